The van der Waals surface area contributed by atoms with Crippen molar-refractivity contribution < 1.29 is 17.6 Å². The van der Waals surface area contributed by atoms with Gasteiger partial charge in [0.1, 0.15) is 11.6 Å². The summed E-state index contributed by atoms with van der Waals surface area (Å²) < 4.78 is 53.0. The number of nitrogens with zero attached hydrogens (tertiary/aromatic N) is 2. The number of hydrogen-bond acceptors (Lipinski definition) is 3. The summed E-state index contributed by atoms with van der Waals surface area (Å²) in [5.41, 5.74) is 0.581. The van der Waals surface area contributed by atoms with E-state index in [2.05, 4.69) is 9.97 Å². The van der Waals surface area contributed by atoms with Crippen LogP contribution in [0.3, 0.4) is 0 Å². The molecule has 3 aromatic rings. The number of hydrogen-bond donors (Lipinski definition) is 1. The fourth-order valence-corrected chi connectivity index (χ4v) is 3.54. The van der Waals surface area contributed by atoms with Crippen LogP contribution in [0.2, 0.25) is 0 Å². The summed E-state index contributed by atoms with van der Waals surface area (Å²) in [7, 11) is 0. The number of fused-ring (bicyclic) bond motifs is 1. The van der Waals surface area contributed by atoms with Gasteiger partial charge in [0, 0.05) is 31.6 Å². The van der Waals surface area contributed by atoms with Gasteiger partial charge in [0.2, 0.25) is 0 Å². The van der Waals surface area contributed by atoms with Crippen molar-refractivity contribution in [2.45, 2.75) is 25.7 Å². The summed E-state index contributed by atoms with van der Waals surface area (Å²) in [6.07, 6.45) is -4.20. The van der Waals surface area contributed by atoms with Crippen LogP contribution in [0.4, 0.5) is 17.6 Å². The maximum Gasteiger partial charge on any atom is 0.416 e. The Morgan fingerprint density at radius 2 is 1.86 bits per heavy atom. The smallest absolute Gasteiger partial charge is 0.306 e. The van der Waals surface area contributed by atoms with Gasteiger partial charge < -0.3 is 4.98 Å². The van der Waals surface area contributed by atoms with E-state index in [4.69, 9.17) is 0 Å². The van der Waals surface area contributed by atoms with Gasteiger partial charge in [0.25, 0.3) is 5.56 Å². The van der Waals surface area contributed by atoms with Crippen LogP contribution in [-0.2, 0) is 25.7 Å². The van der Waals surface area contributed by atoms with Crippen LogP contribution in [0.15, 0.2) is 53.3 Å². The molecule has 2 heterocycles. The second kappa shape index (κ2) is 7.44. The first-order valence-electron chi connectivity index (χ1n) is 9.07. The highest BCUT2D eigenvalue weighted by Gasteiger charge is 2.34. The van der Waals surface area contributed by atoms with Crippen molar-refractivity contribution in [1.82, 2.24) is 14.9 Å². The minimum Gasteiger partial charge on any atom is -0.306 e. The molecule has 0 unspecified atom stereocenters. The SMILES string of the molecule is O=c1[nH]c(-c2ccccc2)nc2c1CN(Cc1ccc(F)cc1C(F)(F)F)CC2. The number of rotatable bonds is 3. The lowest BCUT2D eigenvalue weighted by atomic mass is 10.0. The number of aromatic nitrogens is 2. The summed E-state index contributed by atoms with van der Waals surface area (Å²) in [5.74, 6) is -0.458. The van der Waals surface area contributed by atoms with Crippen LogP contribution in [0.5, 0.6) is 0 Å². The third kappa shape index (κ3) is 4.07. The summed E-state index contributed by atoms with van der Waals surface area (Å²) in [6.45, 7) is 0.599. The van der Waals surface area contributed by atoms with Gasteiger partial charge in [0.15, 0.2) is 0 Å². The molecule has 0 bridgehead atoms. The quantitative estimate of drug-likeness (QED) is 0.669. The van der Waals surface area contributed by atoms with E-state index in [-0.39, 0.29) is 24.2 Å². The van der Waals surface area contributed by atoms with Crippen LogP contribution in [0, 0.1) is 5.82 Å². The van der Waals surface area contributed by atoms with Crippen LogP contribution in [0.25, 0.3) is 11.4 Å². The van der Waals surface area contributed by atoms with Crippen LogP contribution in [-0.4, -0.2) is 21.4 Å². The lowest BCUT2D eigenvalue weighted by Gasteiger charge is -2.28. The van der Waals surface area contributed by atoms with E-state index in [0.29, 0.717) is 36.1 Å². The van der Waals surface area contributed by atoms with Crippen molar-refractivity contribution in [3.8, 4) is 11.4 Å². The largest absolute Gasteiger partial charge is 0.416 e. The molecule has 0 spiro atoms. The number of benzene rings is 2. The number of H-pyrrole nitrogens is 1. The third-order valence-electron chi connectivity index (χ3n) is 4.97. The summed E-state index contributed by atoms with van der Waals surface area (Å²) >= 11 is 0. The predicted molar refractivity (Wildman–Crippen MR) is 99.5 cm³/mol. The molecule has 2 aromatic carbocycles. The van der Waals surface area contributed by atoms with Gasteiger partial charge in [-0.15, -0.1) is 0 Å². The molecule has 150 valence electrons. The van der Waals surface area contributed by atoms with Gasteiger partial charge in [-0.2, -0.15) is 13.2 Å². The van der Waals surface area contributed by atoms with E-state index in [1.807, 2.05) is 30.3 Å². The summed E-state index contributed by atoms with van der Waals surface area (Å²) in [6, 6.07) is 11.9. The Morgan fingerprint density at radius 1 is 1.10 bits per heavy atom. The Hall–Kier alpha value is -3.00. The van der Waals surface area contributed by atoms with Crippen molar-refractivity contribution in [3.63, 3.8) is 0 Å². The lowest BCUT2D eigenvalue weighted by molar-refractivity contribution is -0.138. The predicted octanol–water partition coefficient (Wildman–Crippen LogP) is 4.15. The standard InChI is InChI=1S/C21H17F4N3O/c22-15-7-6-14(17(10-15)21(23,24)25)11-28-9-8-18-16(12-28)20(29)27-19(26-18)13-4-2-1-3-5-13/h1-7,10H,8-9,11-12H2,(H,26,27,29). The minimum absolute atomic E-state index is 0.0207. The van der Waals surface area contributed by atoms with Gasteiger partial charge in [0.05, 0.1) is 16.8 Å². The van der Waals surface area contributed by atoms with E-state index < -0.39 is 17.6 Å². The van der Waals surface area contributed by atoms with E-state index in [1.54, 1.807) is 4.90 Å². The second-order valence-corrected chi connectivity index (χ2v) is 6.97. The Bertz CT molecular complexity index is 1090. The first-order chi connectivity index (χ1) is 13.8. The highest BCUT2D eigenvalue weighted by Crippen LogP contribution is 2.33. The first-order valence-corrected chi connectivity index (χ1v) is 9.07. The highest BCUT2D eigenvalue weighted by atomic mass is 19.4. The zero-order valence-corrected chi connectivity index (χ0v) is 15.3. The molecule has 4 nitrogen and oxygen atoms in total. The average molecular weight is 403 g/mol. The maximum absolute atomic E-state index is 13.3. The monoisotopic (exact) mass is 403 g/mol. The van der Waals surface area contributed by atoms with E-state index in [9.17, 15) is 22.4 Å². The second-order valence-electron chi connectivity index (χ2n) is 6.97. The Labute approximate surface area is 163 Å². The topological polar surface area (TPSA) is 49.0 Å². The van der Waals surface area contributed by atoms with Crippen LogP contribution >= 0.6 is 0 Å². The van der Waals surface area contributed by atoms with Crippen molar-refractivity contribution >= 4 is 0 Å². The molecule has 1 aliphatic heterocycles. The minimum atomic E-state index is -4.64. The third-order valence-corrected chi connectivity index (χ3v) is 4.97. The fourth-order valence-electron chi connectivity index (χ4n) is 3.54. The molecule has 0 radical (unpaired) electrons. The van der Waals surface area contributed by atoms with Crippen molar-refractivity contribution in [1.29, 1.82) is 0 Å². The summed E-state index contributed by atoms with van der Waals surface area (Å²) in [4.78, 5) is 21.6. The number of alkyl halides is 3. The number of halogens is 4. The Balaban J connectivity index is 1.60. The molecule has 29 heavy (non-hydrogen) atoms. The zero-order valence-electron chi connectivity index (χ0n) is 15.3. The van der Waals surface area contributed by atoms with E-state index in [1.165, 1.54) is 0 Å². The van der Waals surface area contributed by atoms with Gasteiger partial charge in [-0.3, -0.25) is 9.69 Å². The molecule has 0 saturated heterocycles. The molecule has 1 aromatic heterocycles. The molecule has 0 aliphatic carbocycles. The molecule has 1 N–H and O–H groups in total. The average Bonchev–Trinajstić information content (AvgIpc) is 2.69. The molecule has 0 amide bonds. The molecular weight excluding hydrogens is 386 g/mol. The Kier molecular flexibility index (Phi) is 4.96. The highest BCUT2D eigenvalue weighted by molar-refractivity contribution is 5.54. The van der Waals surface area contributed by atoms with E-state index >= 15 is 0 Å². The molecule has 0 atom stereocenters. The van der Waals surface area contributed by atoms with Gasteiger partial charge in [-0.25, -0.2) is 9.37 Å². The molecular formula is C21H17F4N3O. The van der Waals surface area contributed by atoms with Crippen molar-refractivity contribution in [3.05, 3.63) is 87.1 Å². The normalized spacial score (nSPS) is 14.6. The zero-order chi connectivity index (χ0) is 20.6. The maximum atomic E-state index is 13.3. The van der Waals surface area contributed by atoms with Crippen LogP contribution < -0.4 is 5.56 Å². The Morgan fingerprint density at radius 3 is 2.59 bits per heavy atom. The van der Waals surface area contributed by atoms with Crippen molar-refractivity contribution in [2.75, 3.05) is 6.54 Å². The summed E-state index contributed by atoms with van der Waals surface area (Å²) in [5, 5.41) is 0. The number of aromatic amines is 1. The van der Waals surface area contributed by atoms with Gasteiger partial charge >= 0.3 is 6.18 Å². The molecule has 0 fully saturated rings. The van der Waals surface area contributed by atoms with Gasteiger partial charge in [-0.05, 0) is 17.7 Å². The fraction of sp³-hybridized carbons (Fsp3) is 0.238. The molecule has 8 heteroatoms. The molecule has 0 saturated carbocycles. The van der Waals surface area contributed by atoms with Gasteiger partial charge in [-0.1, -0.05) is 36.4 Å². The lowest BCUT2D eigenvalue weighted by Crippen LogP contribution is -2.36. The van der Waals surface area contributed by atoms with E-state index in [0.717, 1.165) is 17.7 Å². The van der Waals surface area contributed by atoms with Crippen LogP contribution in [0.1, 0.15) is 22.4 Å². The first kappa shape index (κ1) is 19.3. The van der Waals surface area contributed by atoms with Crippen molar-refractivity contribution in [2.24, 2.45) is 0 Å². The molecule has 4 rings (SSSR count). The molecule has 1 aliphatic rings. The number of nitrogens with one attached hydrogen (secondary N) is 1.